The van der Waals surface area contributed by atoms with E-state index in [2.05, 4.69) is 41.2 Å². The van der Waals surface area contributed by atoms with Crippen molar-refractivity contribution in [2.75, 3.05) is 0 Å². The van der Waals surface area contributed by atoms with Crippen molar-refractivity contribution in [1.82, 2.24) is 5.32 Å². The molecule has 118 valence electrons. The minimum atomic E-state index is -0.407. The summed E-state index contributed by atoms with van der Waals surface area (Å²) in [5, 5.41) is 12.7. The van der Waals surface area contributed by atoms with E-state index in [9.17, 15) is 10.1 Å². The van der Waals surface area contributed by atoms with Gasteiger partial charge >= 0.3 is 0 Å². The van der Waals surface area contributed by atoms with Crippen LogP contribution in [0.4, 0.5) is 0 Å². The van der Waals surface area contributed by atoms with E-state index in [4.69, 9.17) is 5.73 Å². The van der Waals surface area contributed by atoms with Crippen molar-refractivity contribution in [2.24, 2.45) is 11.1 Å². The largest absolute Gasteiger partial charge is 0.384 e. The number of nitrogens with two attached hydrogens (primary N) is 1. The summed E-state index contributed by atoms with van der Waals surface area (Å²) in [5.74, 6) is 0.0256. The maximum atomic E-state index is 12.8. The van der Waals surface area contributed by atoms with Crippen LogP contribution in [0, 0.1) is 16.7 Å². The van der Waals surface area contributed by atoms with Crippen LogP contribution in [0.1, 0.15) is 38.2 Å². The minimum Gasteiger partial charge on any atom is -0.384 e. The molecule has 0 fully saturated rings. The lowest BCUT2D eigenvalue weighted by molar-refractivity contribution is -0.118. The molecule has 1 heterocycles. The van der Waals surface area contributed by atoms with E-state index in [0.29, 0.717) is 23.4 Å². The fourth-order valence-corrected chi connectivity index (χ4v) is 3.97. The monoisotopic (exact) mass is 371 g/mol. The summed E-state index contributed by atoms with van der Waals surface area (Å²) < 4.78 is 0.872. The highest BCUT2D eigenvalue weighted by atomic mass is 79.9. The first kappa shape index (κ1) is 15.8. The Kier molecular flexibility index (Phi) is 3.81. The summed E-state index contributed by atoms with van der Waals surface area (Å²) in [7, 11) is 0. The van der Waals surface area contributed by atoms with Gasteiger partial charge in [0.05, 0.1) is 17.6 Å². The lowest BCUT2D eigenvalue weighted by atomic mass is 9.69. The number of allylic oxidation sites excluding steroid dienone is 3. The molecule has 0 saturated heterocycles. The van der Waals surface area contributed by atoms with Gasteiger partial charge in [0.25, 0.3) is 0 Å². The van der Waals surface area contributed by atoms with Gasteiger partial charge in [-0.1, -0.05) is 48.0 Å². The molecule has 0 aromatic heterocycles. The molecule has 0 radical (unpaired) electrons. The Balaban J connectivity index is 2.22. The zero-order valence-corrected chi connectivity index (χ0v) is 14.7. The van der Waals surface area contributed by atoms with Gasteiger partial charge in [0, 0.05) is 22.2 Å². The predicted molar refractivity (Wildman–Crippen MR) is 91.9 cm³/mol. The highest BCUT2D eigenvalue weighted by Gasteiger charge is 2.41. The maximum Gasteiger partial charge on any atom is 0.162 e. The lowest BCUT2D eigenvalue weighted by Crippen LogP contribution is -2.39. The van der Waals surface area contributed by atoms with Gasteiger partial charge < -0.3 is 11.1 Å². The van der Waals surface area contributed by atoms with Crippen LogP contribution < -0.4 is 11.1 Å². The number of Topliss-reactive ketones (excluding diaryl/α,β-unsaturated/α-hetero) is 1. The van der Waals surface area contributed by atoms with Crippen molar-refractivity contribution in [3.05, 3.63) is 57.0 Å². The first-order chi connectivity index (χ1) is 10.8. The predicted octanol–water partition coefficient (Wildman–Crippen LogP) is 3.47. The molecule has 4 nitrogen and oxygen atoms in total. The molecule has 0 amide bonds. The first-order valence-corrected chi connectivity index (χ1v) is 8.31. The molecule has 1 atom stereocenters. The molecule has 0 bridgehead atoms. The molecular weight excluding hydrogens is 354 g/mol. The second-order valence-corrected chi connectivity index (χ2v) is 7.71. The summed E-state index contributed by atoms with van der Waals surface area (Å²) in [6, 6.07) is 9.86. The van der Waals surface area contributed by atoms with E-state index in [1.807, 2.05) is 24.3 Å². The number of carbonyl (C=O) groups excluding carboxylic acids is 1. The van der Waals surface area contributed by atoms with Crippen LogP contribution in [0.2, 0.25) is 0 Å². The number of nitrogens with one attached hydrogen (secondary N) is 1. The van der Waals surface area contributed by atoms with Gasteiger partial charge in [0.2, 0.25) is 0 Å². The minimum absolute atomic E-state index is 0.0877. The summed E-state index contributed by atoms with van der Waals surface area (Å²) >= 11 is 3.54. The summed E-state index contributed by atoms with van der Waals surface area (Å²) in [5.41, 5.74) is 8.82. The Morgan fingerprint density at radius 2 is 2.04 bits per heavy atom. The van der Waals surface area contributed by atoms with Crippen molar-refractivity contribution in [3.8, 4) is 6.07 Å². The highest BCUT2D eigenvalue weighted by Crippen LogP contribution is 2.46. The number of nitrogens with zero attached hydrogens (tertiary/aromatic N) is 1. The quantitative estimate of drug-likeness (QED) is 0.791. The Morgan fingerprint density at radius 3 is 2.70 bits per heavy atom. The van der Waals surface area contributed by atoms with Crippen molar-refractivity contribution in [3.63, 3.8) is 0 Å². The molecule has 1 aromatic rings. The Morgan fingerprint density at radius 1 is 1.35 bits per heavy atom. The van der Waals surface area contributed by atoms with Crippen molar-refractivity contribution >= 4 is 21.7 Å². The van der Waals surface area contributed by atoms with E-state index >= 15 is 0 Å². The Bertz CT molecular complexity index is 799. The number of rotatable bonds is 1. The van der Waals surface area contributed by atoms with Crippen LogP contribution in [-0.2, 0) is 4.79 Å². The van der Waals surface area contributed by atoms with Crippen LogP contribution in [0.15, 0.2) is 51.4 Å². The average molecular weight is 372 g/mol. The normalized spacial score (nSPS) is 23.2. The number of benzene rings is 1. The molecule has 3 rings (SSSR count). The molecule has 3 N–H and O–H groups in total. The van der Waals surface area contributed by atoms with Gasteiger partial charge in [-0.25, -0.2) is 0 Å². The number of halogens is 1. The first-order valence-electron chi connectivity index (χ1n) is 7.51. The van der Waals surface area contributed by atoms with Gasteiger partial charge in [-0.3, -0.25) is 4.79 Å². The number of carbonyl (C=O) groups is 1. The number of hydrogen-bond acceptors (Lipinski definition) is 4. The van der Waals surface area contributed by atoms with E-state index in [1.54, 1.807) is 0 Å². The van der Waals surface area contributed by atoms with Gasteiger partial charge in [-0.05, 0) is 23.5 Å². The fourth-order valence-electron chi connectivity index (χ4n) is 3.46. The number of hydrogen-bond donors (Lipinski definition) is 2. The molecule has 0 spiro atoms. The summed E-state index contributed by atoms with van der Waals surface area (Å²) in [6.07, 6.45) is 1.22. The molecule has 23 heavy (non-hydrogen) atoms. The SMILES string of the molecule is CC1(C)CC(=O)C2=C(C1)NC(N)=C(C#N)[C@@H]2c1ccccc1Br. The zero-order valence-electron chi connectivity index (χ0n) is 13.1. The second kappa shape index (κ2) is 5.54. The molecule has 5 heteroatoms. The lowest BCUT2D eigenvalue weighted by Gasteiger charge is -2.38. The molecule has 0 unspecified atom stereocenters. The van der Waals surface area contributed by atoms with Crippen molar-refractivity contribution in [2.45, 2.75) is 32.6 Å². The van der Waals surface area contributed by atoms with Crippen LogP contribution in [-0.4, -0.2) is 5.78 Å². The molecule has 2 aliphatic rings. The fraction of sp³-hybridized carbons (Fsp3) is 0.333. The molecule has 0 saturated carbocycles. The second-order valence-electron chi connectivity index (χ2n) is 6.85. The summed E-state index contributed by atoms with van der Waals surface area (Å²) in [6.45, 7) is 4.15. The van der Waals surface area contributed by atoms with Gasteiger partial charge in [0.1, 0.15) is 5.82 Å². The van der Waals surface area contributed by atoms with Crippen molar-refractivity contribution < 1.29 is 4.79 Å². The van der Waals surface area contributed by atoms with Gasteiger partial charge in [-0.2, -0.15) is 5.26 Å². The number of nitriles is 1. The standard InChI is InChI=1S/C18H18BrN3O/c1-18(2)7-13-16(14(23)8-18)15(11(9-20)17(21)22-13)10-5-3-4-6-12(10)19/h3-6,15,22H,7-8,21H2,1-2H3/t15-/m0/s1. The Labute approximate surface area is 144 Å². The van der Waals surface area contributed by atoms with Crippen molar-refractivity contribution in [1.29, 1.82) is 5.26 Å². The van der Waals surface area contributed by atoms with E-state index < -0.39 is 5.92 Å². The zero-order chi connectivity index (χ0) is 16.8. The number of dihydropyridines is 1. The third-order valence-corrected chi connectivity index (χ3v) is 5.13. The van der Waals surface area contributed by atoms with Crippen LogP contribution >= 0.6 is 15.9 Å². The van der Waals surface area contributed by atoms with E-state index in [1.165, 1.54) is 0 Å². The molecule has 1 aliphatic carbocycles. The van der Waals surface area contributed by atoms with E-state index in [0.717, 1.165) is 22.2 Å². The third kappa shape index (κ3) is 2.68. The topological polar surface area (TPSA) is 78.9 Å². The smallest absolute Gasteiger partial charge is 0.162 e. The van der Waals surface area contributed by atoms with Crippen LogP contribution in [0.5, 0.6) is 0 Å². The summed E-state index contributed by atoms with van der Waals surface area (Å²) in [4.78, 5) is 12.8. The van der Waals surface area contributed by atoms with Gasteiger partial charge in [0.15, 0.2) is 5.78 Å². The highest BCUT2D eigenvalue weighted by molar-refractivity contribution is 9.10. The average Bonchev–Trinajstić information content (AvgIpc) is 2.45. The van der Waals surface area contributed by atoms with Crippen LogP contribution in [0.3, 0.4) is 0 Å². The third-order valence-electron chi connectivity index (χ3n) is 4.41. The maximum absolute atomic E-state index is 12.8. The van der Waals surface area contributed by atoms with Gasteiger partial charge in [-0.15, -0.1) is 0 Å². The van der Waals surface area contributed by atoms with Crippen LogP contribution in [0.25, 0.3) is 0 Å². The molecular formula is C18H18BrN3O. The number of ketones is 1. The Hall–Kier alpha value is -2.06. The molecule has 1 aromatic carbocycles. The van der Waals surface area contributed by atoms with E-state index in [-0.39, 0.29) is 11.2 Å². The molecule has 1 aliphatic heterocycles.